The summed E-state index contributed by atoms with van der Waals surface area (Å²) in [6.45, 7) is 0. The second-order valence-electron chi connectivity index (χ2n) is 4.21. The van der Waals surface area contributed by atoms with Gasteiger partial charge in [0.25, 0.3) is 0 Å². The Hall–Kier alpha value is -2.23. The molecule has 0 aliphatic rings. The largest absolute Gasteiger partial charge is 0.481 e. The van der Waals surface area contributed by atoms with Crippen LogP contribution in [0.25, 0.3) is 11.1 Å². The fourth-order valence-corrected chi connectivity index (χ4v) is 1.83. The molecule has 2 aromatic rings. The summed E-state index contributed by atoms with van der Waals surface area (Å²) in [6, 6.07) is 10.4. The molecule has 98 valence electrons. The second-order valence-corrected chi connectivity index (χ2v) is 4.21. The Balaban J connectivity index is 2.29. The Morgan fingerprint density at radius 2 is 1.63 bits per heavy atom. The van der Waals surface area contributed by atoms with Crippen LogP contribution in [0.15, 0.2) is 42.5 Å². The average Bonchev–Trinajstić information content (AvgIpc) is 2.39. The van der Waals surface area contributed by atoms with Crippen molar-refractivity contribution >= 4 is 5.97 Å². The van der Waals surface area contributed by atoms with E-state index in [2.05, 4.69) is 0 Å². The molecule has 19 heavy (non-hydrogen) atoms. The predicted molar refractivity (Wildman–Crippen MR) is 67.8 cm³/mol. The van der Waals surface area contributed by atoms with Gasteiger partial charge in [-0.15, -0.1) is 0 Å². The van der Waals surface area contributed by atoms with Gasteiger partial charge in [0.15, 0.2) is 0 Å². The molecular formula is C15H12F2O2. The van der Waals surface area contributed by atoms with Crippen molar-refractivity contribution in [2.45, 2.75) is 12.8 Å². The Morgan fingerprint density at radius 1 is 1.00 bits per heavy atom. The topological polar surface area (TPSA) is 37.3 Å². The summed E-state index contributed by atoms with van der Waals surface area (Å²) in [5, 5.41) is 8.62. The number of hydrogen-bond acceptors (Lipinski definition) is 1. The van der Waals surface area contributed by atoms with E-state index in [0.29, 0.717) is 5.56 Å². The minimum atomic E-state index is -0.966. The molecule has 1 N–H and O–H groups in total. The average molecular weight is 262 g/mol. The van der Waals surface area contributed by atoms with Crippen molar-refractivity contribution < 1.29 is 18.7 Å². The molecule has 0 aliphatic heterocycles. The molecule has 0 aliphatic carbocycles. The van der Waals surface area contributed by atoms with Crippen molar-refractivity contribution in [3.05, 3.63) is 59.7 Å². The summed E-state index contributed by atoms with van der Waals surface area (Å²) >= 11 is 0. The van der Waals surface area contributed by atoms with Crippen LogP contribution in [0, 0.1) is 11.6 Å². The van der Waals surface area contributed by atoms with Gasteiger partial charge in [-0.2, -0.15) is 0 Å². The maximum Gasteiger partial charge on any atom is 0.303 e. The minimum absolute atomic E-state index is 0.121. The summed E-state index contributed by atoms with van der Waals surface area (Å²) in [6.07, 6.45) is 0.0139. The minimum Gasteiger partial charge on any atom is -0.481 e. The van der Waals surface area contributed by atoms with E-state index in [1.807, 2.05) is 0 Å². The molecule has 0 saturated heterocycles. The zero-order chi connectivity index (χ0) is 13.8. The first kappa shape index (κ1) is 13.2. The number of aliphatic carboxylic acids is 1. The van der Waals surface area contributed by atoms with Crippen LogP contribution in [0.5, 0.6) is 0 Å². The molecule has 0 spiro atoms. The van der Waals surface area contributed by atoms with Crippen molar-refractivity contribution in [3.63, 3.8) is 0 Å². The zero-order valence-electron chi connectivity index (χ0n) is 10.1. The summed E-state index contributed by atoms with van der Waals surface area (Å²) in [5.74, 6) is -1.73. The molecule has 0 atom stereocenters. The lowest BCUT2D eigenvalue weighted by Crippen LogP contribution is -1.99. The molecule has 2 nitrogen and oxygen atoms in total. The summed E-state index contributed by atoms with van der Waals surface area (Å²) in [7, 11) is 0. The summed E-state index contributed by atoms with van der Waals surface area (Å²) in [5.41, 5.74) is 1.85. The molecule has 0 bridgehead atoms. The highest BCUT2D eigenvalue weighted by molar-refractivity contribution is 5.68. The maximum absolute atomic E-state index is 13.5. The number of carbonyl (C=O) groups is 1. The van der Waals surface area contributed by atoms with E-state index in [1.165, 1.54) is 18.2 Å². The Bertz CT molecular complexity index is 592. The van der Waals surface area contributed by atoms with Gasteiger partial charge in [-0.05, 0) is 47.4 Å². The molecule has 0 heterocycles. The normalized spacial score (nSPS) is 10.4. The van der Waals surface area contributed by atoms with Gasteiger partial charge < -0.3 is 5.11 Å². The van der Waals surface area contributed by atoms with E-state index in [4.69, 9.17) is 5.11 Å². The highest BCUT2D eigenvalue weighted by Crippen LogP contribution is 2.23. The number of halogens is 2. The lowest BCUT2D eigenvalue weighted by molar-refractivity contribution is -0.136. The number of carboxylic acids is 1. The number of rotatable bonds is 4. The van der Waals surface area contributed by atoms with E-state index in [9.17, 15) is 13.6 Å². The molecule has 0 amide bonds. The third-order valence-electron chi connectivity index (χ3n) is 2.83. The van der Waals surface area contributed by atoms with Crippen LogP contribution < -0.4 is 0 Å². The number of hydrogen-bond donors (Lipinski definition) is 1. The molecule has 0 fully saturated rings. The van der Waals surface area contributed by atoms with E-state index < -0.39 is 11.8 Å². The fraction of sp³-hybridized carbons (Fsp3) is 0.133. The fourth-order valence-electron chi connectivity index (χ4n) is 1.83. The number of aryl methyl sites for hydroxylation is 1. The van der Waals surface area contributed by atoms with E-state index in [0.717, 1.165) is 11.1 Å². The third kappa shape index (κ3) is 3.37. The quantitative estimate of drug-likeness (QED) is 0.913. The lowest BCUT2D eigenvalue weighted by atomic mass is 10.0. The van der Waals surface area contributed by atoms with Crippen LogP contribution in [0.1, 0.15) is 12.0 Å². The van der Waals surface area contributed by atoms with Crippen LogP contribution in [-0.2, 0) is 11.2 Å². The van der Waals surface area contributed by atoms with Crippen molar-refractivity contribution in [2.75, 3.05) is 0 Å². The maximum atomic E-state index is 13.5. The van der Waals surface area contributed by atoms with Gasteiger partial charge >= 0.3 is 5.97 Å². The highest BCUT2D eigenvalue weighted by atomic mass is 19.1. The standard InChI is InChI=1S/C15H12F2O2/c16-13-5-1-10(2-6-13)11-3-7-14(17)12(9-11)4-8-15(18)19/h1-3,5-7,9H,4,8H2,(H,18,19). The molecule has 0 unspecified atom stereocenters. The predicted octanol–water partition coefficient (Wildman–Crippen LogP) is 3.65. The highest BCUT2D eigenvalue weighted by Gasteiger charge is 2.07. The summed E-state index contributed by atoms with van der Waals surface area (Å²) in [4.78, 5) is 10.5. The number of benzene rings is 2. The lowest BCUT2D eigenvalue weighted by Gasteiger charge is -2.06. The van der Waals surface area contributed by atoms with Gasteiger partial charge in [0, 0.05) is 6.42 Å². The smallest absolute Gasteiger partial charge is 0.303 e. The molecule has 0 saturated carbocycles. The van der Waals surface area contributed by atoms with Gasteiger partial charge in [-0.3, -0.25) is 4.79 Å². The van der Waals surface area contributed by atoms with Crippen molar-refractivity contribution in [3.8, 4) is 11.1 Å². The zero-order valence-corrected chi connectivity index (χ0v) is 10.1. The van der Waals surface area contributed by atoms with E-state index in [-0.39, 0.29) is 18.7 Å². The summed E-state index contributed by atoms with van der Waals surface area (Å²) < 4.78 is 26.4. The van der Waals surface area contributed by atoms with Gasteiger partial charge in [0.1, 0.15) is 11.6 Å². The Labute approximate surface area is 109 Å². The van der Waals surface area contributed by atoms with Crippen LogP contribution in [0.3, 0.4) is 0 Å². The van der Waals surface area contributed by atoms with Crippen LogP contribution in [-0.4, -0.2) is 11.1 Å². The third-order valence-corrected chi connectivity index (χ3v) is 2.83. The van der Waals surface area contributed by atoms with Gasteiger partial charge in [-0.1, -0.05) is 18.2 Å². The molecular weight excluding hydrogens is 250 g/mol. The second kappa shape index (κ2) is 5.61. The molecule has 4 heteroatoms. The first-order valence-corrected chi connectivity index (χ1v) is 5.82. The van der Waals surface area contributed by atoms with Gasteiger partial charge in [0.2, 0.25) is 0 Å². The first-order valence-electron chi connectivity index (χ1n) is 5.82. The molecule has 0 aromatic heterocycles. The monoisotopic (exact) mass is 262 g/mol. The van der Waals surface area contributed by atoms with Gasteiger partial charge in [-0.25, -0.2) is 8.78 Å². The molecule has 2 rings (SSSR count). The first-order chi connectivity index (χ1) is 9.06. The molecule has 2 aromatic carbocycles. The van der Waals surface area contributed by atoms with Crippen LogP contribution in [0.2, 0.25) is 0 Å². The van der Waals surface area contributed by atoms with Crippen LogP contribution >= 0.6 is 0 Å². The Kier molecular flexibility index (Phi) is 3.90. The molecule has 0 radical (unpaired) electrons. The van der Waals surface area contributed by atoms with Gasteiger partial charge in [0.05, 0.1) is 0 Å². The van der Waals surface area contributed by atoms with Crippen molar-refractivity contribution in [1.29, 1.82) is 0 Å². The van der Waals surface area contributed by atoms with Crippen molar-refractivity contribution in [1.82, 2.24) is 0 Å². The van der Waals surface area contributed by atoms with E-state index >= 15 is 0 Å². The van der Waals surface area contributed by atoms with Crippen molar-refractivity contribution in [2.24, 2.45) is 0 Å². The van der Waals surface area contributed by atoms with E-state index in [1.54, 1.807) is 24.3 Å². The number of carboxylic acid groups (broad SMARTS) is 1. The van der Waals surface area contributed by atoms with Crippen LogP contribution in [0.4, 0.5) is 8.78 Å². The Morgan fingerprint density at radius 3 is 2.26 bits per heavy atom. The SMILES string of the molecule is O=C(O)CCc1cc(-c2ccc(F)cc2)ccc1F.